The first-order chi connectivity index (χ1) is 10.8. The molecule has 0 aromatic carbocycles. The van der Waals surface area contributed by atoms with Crippen LogP contribution in [-0.2, 0) is 28.6 Å². The minimum Gasteiger partial charge on any atom is -0.431 e. The summed E-state index contributed by atoms with van der Waals surface area (Å²) in [6, 6.07) is 0. The molecule has 0 bridgehead atoms. The van der Waals surface area contributed by atoms with E-state index in [0.717, 1.165) is 0 Å². The Balaban J connectivity index is 2.03. The van der Waals surface area contributed by atoms with E-state index >= 15 is 0 Å². The van der Waals surface area contributed by atoms with E-state index in [9.17, 15) is 19.2 Å². The van der Waals surface area contributed by atoms with E-state index in [2.05, 4.69) is 0 Å². The Labute approximate surface area is 137 Å². The number of thioether (sulfide) groups is 1. The summed E-state index contributed by atoms with van der Waals surface area (Å²) in [5, 5.41) is -0.157. The second-order valence-electron chi connectivity index (χ2n) is 5.23. The van der Waals surface area contributed by atoms with Crippen molar-refractivity contribution < 1.29 is 33.4 Å². The zero-order valence-corrected chi connectivity index (χ0v) is 13.8. The summed E-state index contributed by atoms with van der Waals surface area (Å²) < 4.78 is 14.5. The number of ether oxygens (including phenoxy) is 3. The van der Waals surface area contributed by atoms with Crippen molar-refractivity contribution in [2.24, 2.45) is 0 Å². The Bertz CT molecular complexity index is 571. The van der Waals surface area contributed by atoms with Gasteiger partial charge in [0.1, 0.15) is 12.0 Å². The standard InChI is InChI=1S/C14H17NO7S/c1-7(2)20-14(19)22-8(3)21-13(18)12-9(5-16)6-23-11-4-10(17)15(11)12/h5,7-8,11H,4,6H2,1-3H3/t8?,11-/m1/s1. The van der Waals surface area contributed by atoms with Crippen LogP contribution in [-0.4, -0.2) is 52.7 Å². The Morgan fingerprint density at radius 1 is 1.26 bits per heavy atom. The number of rotatable bonds is 5. The van der Waals surface area contributed by atoms with E-state index in [1.807, 2.05) is 0 Å². The molecular weight excluding hydrogens is 326 g/mol. The molecule has 2 heterocycles. The molecule has 1 saturated heterocycles. The van der Waals surface area contributed by atoms with E-state index in [1.165, 1.54) is 23.6 Å². The number of fused-ring (bicyclic) bond motifs is 1. The largest absolute Gasteiger partial charge is 0.511 e. The highest BCUT2D eigenvalue weighted by atomic mass is 32.2. The normalized spacial score (nSPS) is 21.3. The quantitative estimate of drug-likeness (QED) is 0.318. The molecule has 126 valence electrons. The van der Waals surface area contributed by atoms with Crippen molar-refractivity contribution in [3.05, 3.63) is 11.3 Å². The maximum atomic E-state index is 12.2. The van der Waals surface area contributed by atoms with Crippen LogP contribution < -0.4 is 0 Å². The van der Waals surface area contributed by atoms with Gasteiger partial charge in [-0.3, -0.25) is 14.5 Å². The lowest BCUT2D eigenvalue weighted by atomic mass is 10.1. The lowest BCUT2D eigenvalue weighted by Gasteiger charge is -2.43. The zero-order chi connectivity index (χ0) is 17.1. The topological polar surface area (TPSA) is 99.2 Å². The first-order valence-electron chi connectivity index (χ1n) is 7.03. The third kappa shape index (κ3) is 3.84. The fraction of sp³-hybridized carbons (Fsp3) is 0.571. The fourth-order valence-electron chi connectivity index (χ4n) is 2.10. The molecule has 23 heavy (non-hydrogen) atoms. The van der Waals surface area contributed by atoms with Gasteiger partial charge in [0.15, 0.2) is 0 Å². The number of hydrogen-bond acceptors (Lipinski definition) is 8. The van der Waals surface area contributed by atoms with Gasteiger partial charge >= 0.3 is 12.1 Å². The number of β-lactam (4-membered cyclic amide) rings is 1. The molecule has 0 spiro atoms. The predicted octanol–water partition coefficient (Wildman–Crippen LogP) is 1.20. The lowest BCUT2D eigenvalue weighted by Crippen LogP contribution is -2.54. The number of aldehydes is 1. The molecule has 0 saturated carbocycles. The van der Waals surface area contributed by atoms with Crippen molar-refractivity contribution in [2.75, 3.05) is 5.75 Å². The number of amides is 1. The highest BCUT2D eigenvalue weighted by Gasteiger charge is 2.46. The summed E-state index contributed by atoms with van der Waals surface area (Å²) in [7, 11) is 0. The van der Waals surface area contributed by atoms with Gasteiger partial charge in [-0.25, -0.2) is 9.59 Å². The average Bonchev–Trinajstić information content (AvgIpc) is 2.43. The van der Waals surface area contributed by atoms with Gasteiger partial charge in [0.05, 0.1) is 17.9 Å². The van der Waals surface area contributed by atoms with E-state index in [-0.39, 0.29) is 28.7 Å². The second kappa shape index (κ2) is 7.03. The molecule has 1 fully saturated rings. The minimum absolute atomic E-state index is 0.0762. The third-order valence-electron chi connectivity index (χ3n) is 3.08. The summed E-state index contributed by atoms with van der Waals surface area (Å²) in [6.07, 6.45) is -1.70. The van der Waals surface area contributed by atoms with Gasteiger partial charge in [-0.05, 0) is 13.8 Å². The fourth-order valence-corrected chi connectivity index (χ4v) is 3.31. The Morgan fingerprint density at radius 3 is 2.52 bits per heavy atom. The summed E-state index contributed by atoms with van der Waals surface area (Å²) in [4.78, 5) is 47.6. The lowest BCUT2D eigenvalue weighted by molar-refractivity contribution is -0.168. The van der Waals surface area contributed by atoms with Crippen molar-refractivity contribution in [2.45, 2.75) is 45.0 Å². The SMILES string of the molecule is CC(C)OC(=O)OC(C)OC(=O)C1=C(C=O)CS[C@@H]2CC(=O)N12. The molecule has 0 N–H and O–H groups in total. The molecule has 0 aliphatic carbocycles. The summed E-state index contributed by atoms with van der Waals surface area (Å²) >= 11 is 1.41. The molecule has 2 aliphatic rings. The summed E-state index contributed by atoms with van der Waals surface area (Å²) in [5.41, 5.74) is 0.105. The summed E-state index contributed by atoms with van der Waals surface area (Å²) in [5.74, 6) is -0.802. The monoisotopic (exact) mass is 343 g/mol. The van der Waals surface area contributed by atoms with Crippen LogP contribution in [0.3, 0.4) is 0 Å². The van der Waals surface area contributed by atoms with Gasteiger partial charge < -0.3 is 14.2 Å². The van der Waals surface area contributed by atoms with E-state index < -0.39 is 18.4 Å². The Kier molecular flexibility index (Phi) is 5.30. The van der Waals surface area contributed by atoms with Crippen LogP contribution in [0.15, 0.2) is 11.3 Å². The maximum Gasteiger partial charge on any atom is 0.511 e. The highest BCUT2D eigenvalue weighted by Crippen LogP contribution is 2.39. The van der Waals surface area contributed by atoms with Gasteiger partial charge in [0, 0.05) is 18.2 Å². The summed E-state index contributed by atoms with van der Waals surface area (Å²) in [6.45, 7) is 4.64. The maximum absolute atomic E-state index is 12.2. The second-order valence-corrected chi connectivity index (χ2v) is 6.40. The molecule has 2 atom stereocenters. The van der Waals surface area contributed by atoms with Crippen LogP contribution in [0, 0.1) is 0 Å². The molecule has 9 heteroatoms. The van der Waals surface area contributed by atoms with Crippen molar-refractivity contribution >= 4 is 36.1 Å². The smallest absolute Gasteiger partial charge is 0.431 e. The van der Waals surface area contributed by atoms with Gasteiger partial charge in [0.2, 0.25) is 12.2 Å². The van der Waals surface area contributed by atoms with Crippen LogP contribution in [0.2, 0.25) is 0 Å². The highest BCUT2D eigenvalue weighted by molar-refractivity contribution is 8.00. The van der Waals surface area contributed by atoms with Crippen molar-refractivity contribution in [3.8, 4) is 0 Å². The van der Waals surface area contributed by atoms with E-state index in [1.54, 1.807) is 13.8 Å². The van der Waals surface area contributed by atoms with Gasteiger partial charge in [-0.2, -0.15) is 0 Å². The van der Waals surface area contributed by atoms with E-state index in [0.29, 0.717) is 18.5 Å². The number of carbonyl (C=O) groups is 4. The minimum atomic E-state index is -1.21. The molecular formula is C14H17NO7S. The number of carbonyl (C=O) groups excluding carboxylic acids is 4. The van der Waals surface area contributed by atoms with Crippen LogP contribution in [0.25, 0.3) is 0 Å². The molecule has 1 unspecified atom stereocenters. The number of hydrogen-bond donors (Lipinski definition) is 0. The molecule has 1 amide bonds. The zero-order valence-electron chi connectivity index (χ0n) is 12.9. The first-order valence-corrected chi connectivity index (χ1v) is 8.08. The molecule has 0 aromatic heterocycles. The van der Waals surface area contributed by atoms with Crippen molar-refractivity contribution in [1.29, 1.82) is 0 Å². The van der Waals surface area contributed by atoms with E-state index in [4.69, 9.17) is 14.2 Å². The van der Waals surface area contributed by atoms with Crippen LogP contribution in [0.4, 0.5) is 4.79 Å². The molecule has 8 nitrogen and oxygen atoms in total. The predicted molar refractivity (Wildman–Crippen MR) is 79.1 cm³/mol. The average molecular weight is 343 g/mol. The molecule has 2 aliphatic heterocycles. The Hall–Kier alpha value is -2.03. The van der Waals surface area contributed by atoms with Crippen LogP contribution in [0.1, 0.15) is 27.2 Å². The molecule has 0 aromatic rings. The van der Waals surface area contributed by atoms with Crippen molar-refractivity contribution in [1.82, 2.24) is 4.90 Å². The van der Waals surface area contributed by atoms with Crippen molar-refractivity contribution in [3.63, 3.8) is 0 Å². The Morgan fingerprint density at radius 2 is 1.96 bits per heavy atom. The number of esters is 1. The first kappa shape index (κ1) is 17.3. The third-order valence-corrected chi connectivity index (χ3v) is 4.32. The molecule has 0 radical (unpaired) electrons. The van der Waals surface area contributed by atoms with Crippen LogP contribution in [0.5, 0.6) is 0 Å². The van der Waals surface area contributed by atoms with Gasteiger partial charge in [-0.1, -0.05) is 0 Å². The van der Waals surface area contributed by atoms with Gasteiger partial charge in [0.25, 0.3) is 0 Å². The molecule has 2 rings (SSSR count). The number of nitrogens with zero attached hydrogens (tertiary/aromatic N) is 1. The van der Waals surface area contributed by atoms with Gasteiger partial charge in [-0.15, -0.1) is 11.8 Å². The van der Waals surface area contributed by atoms with Crippen LogP contribution >= 0.6 is 11.8 Å².